The highest BCUT2D eigenvalue weighted by molar-refractivity contribution is 5.26. The molecule has 0 atom stereocenters. The Labute approximate surface area is 103 Å². The van der Waals surface area contributed by atoms with E-state index >= 15 is 0 Å². The van der Waals surface area contributed by atoms with Gasteiger partial charge in [-0.1, -0.05) is 6.07 Å². The van der Waals surface area contributed by atoms with Gasteiger partial charge in [0.15, 0.2) is 0 Å². The maximum absolute atomic E-state index is 13.2. The summed E-state index contributed by atoms with van der Waals surface area (Å²) in [6.07, 6.45) is 2.34. The third-order valence-electron chi connectivity index (χ3n) is 3.75. The number of nitrogens with two attached hydrogens (primary N) is 1. The number of hydrogen-bond donors (Lipinski definition) is 1. The van der Waals surface area contributed by atoms with Crippen molar-refractivity contribution in [3.05, 3.63) is 35.1 Å². The fourth-order valence-corrected chi connectivity index (χ4v) is 2.43. The number of likely N-dealkylation sites (tertiary alicyclic amines) is 1. The maximum atomic E-state index is 13.2. The fraction of sp³-hybridized carbons (Fsp3) is 0.571. The number of benzene rings is 1. The van der Waals surface area contributed by atoms with Gasteiger partial charge in [0.25, 0.3) is 0 Å². The van der Waals surface area contributed by atoms with Gasteiger partial charge < -0.3 is 5.73 Å². The van der Waals surface area contributed by atoms with Crippen molar-refractivity contribution < 1.29 is 4.39 Å². The molecule has 0 unspecified atom stereocenters. The number of nitrogens with zero attached hydrogens (tertiary/aromatic N) is 1. The van der Waals surface area contributed by atoms with E-state index in [2.05, 4.69) is 4.90 Å². The minimum absolute atomic E-state index is 0.137. The Kier molecular flexibility index (Phi) is 4.13. The lowest BCUT2D eigenvalue weighted by Crippen LogP contribution is -2.35. The van der Waals surface area contributed by atoms with Crippen LogP contribution in [0, 0.1) is 18.7 Å². The third-order valence-corrected chi connectivity index (χ3v) is 3.75. The van der Waals surface area contributed by atoms with Gasteiger partial charge in [0.05, 0.1) is 0 Å². The molecule has 0 aliphatic carbocycles. The molecule has 1 aromatic carbocycles. The molecule has 0 bridgehead atoms. The van der Waals surface area contributed by atoms with Crippen LogP contribution in [0.4, 0.5) is 4.39 Å². The van der Waals surface area contributed by atoms with Crippen LogP contribution in [0.2, 0.25) is 0 Å². The largest absolute Gasteiger partial charge is 0.330 e. The lowest BCUT2D eigenvalue weighted by Gasteiger charge is -2.31. The van der Waals surface area contributed by atoms with Crippen LogP contribution < -0.4 is 5.73 Å². The van der Waals surface area contributed by atoms with E-state index < -0.39 is 0 Å². The second kappa shape index (κ2) is 5.61. The van der Waals surface area contributed by atoms with Gasteiger partial charge in [-0.25, -0.2) is 4.39 Å². The van der Waals surface area contributed by atoms with Crippen molar-refractivity contribution in [2.45, 2.75) is 26.3 Å². The summed E-state index contributed by atoms with van der Waals surface area (Å²) < 4.78 is 13.2. The van der Waals surface area contributed by atoms with E-state index in [4.69, 9.17) is 5.73 Å². The molecule has 0 radical (unpaired) electrons. The average Bonchev–Trinajstić information content (AvgIpc) is 2.35. The predicted octanol–water partition coefficient (Wildman–Crippen LogP) is 2.30. The van der Waals surface area contributed by atoms with Crippen LogP contribution in [0.1, 0.15) is 24.0 Å². The normalized spacial score (nSPS) is 18.5. The van der Waals surface area contributed by atoms with Crippen molar-refractivity contribution in [3.63, 3.8) is 0 Å². The van der Waals surface area contributed by atoms with Crippen LogP contribution in [-0.4, -0.2) is 24.5 Å². The van der Waals surface area contributed by atoms with Crippen molar-refractivity contribution in [2.75, 3.05) is 19.6 Å². The summed E-state index contributed by atoms with van der Waals surface area (Å²) in [6, 6.07) is 5.04. The van der Waals surface area contributed by atoms with Crippen LogP contribution >= 0.6 is 0 Å². The van der Waals surface area contributed by atoms with Crippen molar-refractivity contribution in [3.8, 4) is 0 Å². The first-order chi connectivity index (χ1) is 8.19. The molecule has 94 valence electrons. The Balaban J connectivity index is 1.95. The van der Waals surface area contributed by atoms with Crippen LogP contribution in [0.15, 0.2) is 18.2 Å². The maximum Gasteiger partial charge on any atom is 0.123 e. The van der Waals surface area contributed by atoms with Crippen molar-refractivity contribution >= 4 is 0 Å². The third kappa shape index (κ3) is 3.27. The van der Waals surface area contributed by atoms with E-state index in [1.165, 1.54) is 24.5 Å². The summed E-state index contributed by atoms with van der Waals surface area (Å²) >= 11 is 0. The highest BCUT2D eigenvalue weighted by Crippen LogP contribution is 2.19. The Morgan fingerprint density at radius 2 is 2.06 bits per heavy atom. The molecular weight excluding hydrogens is 215 g/mol. The van der Waals surface area contributed by atoms with Gasteiger partial charge in [-0.15, -0.1) is 0 Å². The first kappa shape index (κ1) is 12.5. The van der Waals surface area contributed by atoms with Gasteiger partial charge in [0.2, 0.25) is 0 Å². The molecule has 1 aromatic rings. The molecule has 1 fully saturated rings. The topological polar surface area (TPSA) is 29.3 Å². The van der Waals surface area contributed by atoms with Crippen LogP contribution in [0.3, 0.4) is 0 Å². The Hall–Kier alpha value is -0.930. The van der Waals surface area contributed by atoms with E-state index in [1.807, 2.05) is 13.0 Å². The van der Waals surface area contributed by atoms with E-state index in [1.54, 1.807) is 6.07 Å². The highest BCUT2D eigenvalue weighted by Gasteiger charge is 2.18. The number of piperidine rings is 1. The Bertz CT molecular complexity index is 370. The molecule has 2 N–H and O–H groups in total. The summed E-state index contributed by atoms with van der Waals surface area (Å²) in [5, 5.41) is 0. The molecule has 2 nitrogen and oxygen atoms in total. The standard InChI is InChI=1S/C14H21FN2/c1-11-2-3-14(15)8-13(11)10-17-6-4-12(9-16)5-7-17/h2-3,8,12H,4-7,9-10,16H2,1H3. The van der Waals surface area contributed by atoms with Crippen molar-refractivity contribution in [2.24, 2.45) is 11.7 Å². The summed E-state index contributed by atoms with van der Waals surface area (Å²) in [4.78, 5) is 2.40. The monoisotopic (exact) mass is 236 g/mol. The van der Waals surface area contributed by atoms with Gasteiger partial charge in [-0.05, 0) is 68.6 Å². The van der Waals surface area contributed by atoms with E-state index in [-0.39, 0.29) is 5.82 Å². The zero-order valence-electron chi connectivity index (χ0n) is 10.5. The number of rotatable bonds is 3. The molecular formula is C14H21FN2. The second-order valence-corrected chi connectivity index (χ2v) is 5.03. The van der Waals surface area contributed by atoms with Crippen molar-refractivity contribution in [1.29, 1.82) is 0 Å². The van der Waals surface area contributed by atoms with Gasteiger partial charge >= 0.3 is 0 Å². The van der Waals surface area contributed by atoms with Crippen LogP contribution in [0.5, 0.6) is 0 Å². The molecule has 0 saturated carbocycles. The zero-order valence-corrected chi connectivity index (χ0v) is 10.5. The average molecular weight is 236 g/mol. The Morgan fingerprint density at radius 3 is 2.71 bits per heavy atom. The zero-order chi connectivity index (χ0) is 12.3. The molecule has 0 aromatic heterocycles. The smallest absolute Gasteiger partial charge is 0.123 e. The van der Waals surface area contributed by atoms with Gasteiger partial charge in [0.1, 0.15) is 5.82 Å². The lowest BCUT2D eigenvalue weighted by molar-refractivity contribution is 0.180. The molecule has 3 heteroatoms. The van der Waals surface area contributed by atoms with E-state index in [0.29, 0.717) is 5.92 Å². The lowest BCUT2D eigenvalue weighted by atomic mass is 9.96. The first-order valence-corrected chi connectivity index (χ1v) is 6.36. The number of hydrogen-bond acceptors (Lipinski definition) is 2. The van der Waals surface area contributed by atoms with Crippen molar-refractivity contribution in [1.82, 2.24) is 4.90 Å². The fourth-order valence-electron chi connectivity index (χ4n) is 2.43. The molecule has 2 rings (SSSR count). The van der Waals surface area contributed by atoms with Crippen LogP contribution in [-0.2, 0) is 6.54 Å². The number of aryl methyl sites for hydroxylation is 1. The molecule has 17 heavy (non-hydrogen) atoms. The molecule has 1 saturated heterocycles. The molecule has 1 heterocycles. The van der Waals surface area contributed by atoms with E-state index in [9.17, 15) is 4.39 Å². The predicted molar refractivity (Wildman–Crippen MR) is 68.2 cm³/mol. The van der Waals surface area contributed by atoms with Gasteiger partial charge in [-0.3, -0.25) is 4.90 Å². The SMILES string of the molecule is Cc1ccc(F)cc1CN1CCC(CN)CC1. The van der Waals surface area contributed by atoms with Gasteiger partial charge in [-0.2, -0.15) is 0 Å². The molecule has 1 aliphatic rings. The highest BCUT2D eigenvalue weighted by atomic mass is 19.1. The van der Waals surface area contributed by atoms with Gasteiger partial charge in [0, 0.05) is 6.54 Å². The van der Waals surface area contributed by atoms with Crippen LogP contribution in [0.25, 0.3) is 0 Å². The van der Waals surface area contributed by atoms with E-state index in [0.717, 1.165) is 31.7 Å². The number of halogens is 1. The molecule has 1 aliphatic heterocycles. The molecule has 0 spiro atoms. The minimum atomic E-state index is -0.137. The Morgan fingerprint density at radius 1 is 1.35 bits per heavy atom. The summed E-state index contributed by atoms with van der Waals surface area (Å²) in [5.41, 5.74) is 7.96. The first-order valence-electron chi connectivity index (χ1n) is 6.36. The minimum Gasteiger partial charge on any atom is -0.330 e. The quantitative estimate of drug-likeness (QED) is 0.872. The summed E-state index contributed by atoms with van der Waals surface area (Å²) in [6.45, 7) is 5.87. The summed E-state index contributed by atoms with van der Waals surface area (Å²) in [5.74, 6) is 0.544. The molecule has 0 amide bonds. The second-order valence-electron chi connectivity index (χ2n) is 5.03. The summed E-state index contributed by atoms with van der Waals surface area (Å²) in [7, 11) is 0.